The van der Waals surface area contributed by atoms with Crippen molar-refractivity contribution in [3.05, 3.63) is 102 Å². The van der Waals surface area contributed by atoms with Crippen LogP contribution in [-0.2, 0) is 21.5 Å². The van der Waals surface area contributed by atoms with E-state index in [1.807, 2.05) is 44.2 Å². The second kappa shape index (κ2) is 10.9. The van der Waals surface area contributed by atoms with Crippen LogP contribution >= 0.6 is 0 Å². The van der Waals surface area contributed by atoms with E-state index in [0.29, 0.717) is 6.54 Å². The molecule has 0 aliphatic carbocycles. The Labute approximate surface area is 194 Å². The third kappa shape index (κ3) is 6.76. The normalized spacial score (nSPS) is 12.5. The monoisotopic (exact) mass is 467 g/mol. The number of halogens is 1. The Balaban J connectivity index is 1.70. The maximum atomic E-state index is 13.1. The van der Waals surface area contributed by atoms with Gasteiger partial charge in [-0.05, 0) is 66.9 Å². The van der Waals surface area contributed by atoms with Gasteiger partial charge < -0.3 is 9.08 Å². The Morgan fingerprint density at radius 3 is 2.24 bits per heavy atom. The van der Waals surface area contributed by atoms with Crippen molar-refractivity contribution in [2.75, 3.05) is 0 Å². The van der Waals surface area contributed by atoms with Gasteiger partial charge in [0.25, 0.3) is 0 Å². The number of carbonyl (C=O) groups is 1. The highest BCUT2D eigenvalue weighted by Crippen LogP contribution is 2.21. The quantitative estimate of drug-likeness (QED) is 0.311. The maximum absolute atomic E-state index is 13.1. The Morgan fingerprint density at radius 2 is 1.64 bits per heavy atom. The Hall–Kier alpha value is -3.45. The molecule has 1 atom stereocenters. The lowest BCUT2D eigenvalue weighted by Gasteiger charge is -2.27. The molecule has 7 heteroatoms. The summed E-state index contributed by atoms with van der Waals surface area (Å²) in [5.41, 5.74) is 1.78. The van der Waals surface area contributed by atoms with Crippen molar-refractivity contribution in [1.82, 2.24) is 4.90 Å². The van der Waals surface area contributed by atoms with E-state index in [1.54, 1.807) is 29.2 Å². The molecule has 0 heterocycles. The van der Waals surface area contributed by atoms with Crippen LogP contribution in [0.3, 0.4) is 0 Å². The molecule has 0 aliphatic heterocycles. The average molecular weight is 468 g/mol. The van der Waals surface area contributed by atoms with Crippen LogP contribution in [0.25, 0.3) is 6.08 Å². The first-order valence-corrected chi connectivity index (χ1v) is 12.0. The number of hydrogen-bond donors (Lipinski definition) is 0. The van der Waals surface area contributed by atoms with Crippen LogP contribution in [0.5, 0.6) is 5.75 Å². The summed E-state index contributed by atoms with van der Waals surface area (Å²) in [5.74, 6) is -0.502. The zero-order valence-electron chi connectivity index (χ0n) is 18.5. The van der Waals surface area contributed by atoms with Crippen LogP contribution in [0.4, 0.5) is 4.39 Å². The lowest BCUT2D eigenvalue weighted by atomic mass is 10.1. The molecule has 0 spiro atoms. The molecule has 0 aliphatic rings. The summed E-state index contributed by atoms with van der Waals surface area (Å²) in [6, 6.07) is 20.6. The molecule has 3 aromatic carbocycles. The minimum atomic E-state index is -4.07. The fourth-order valence-corrected chi connectivity index (χ4v) is 4.05. The topological polar surface area (TPSA) is 63.7 Å². The molecule has 5 nitrogen and oxygen atoms in total. The van der Waals surface area contributed by atoms with Gasteiger partial charge in [-0.25, -0.2) is 4.39 Å². The molecule has 0 saturated carbocycles. The number of rotatable bonds is 9. The SMILES string of the molecule is CCC(C)N(Cc1ccc(OS(=O)(=O)c2ccc(F)cc2)cc1)C(=O)C=Cc1ccccc1. The van der Waals surface area contributed by atoms with Gasteiger partial charge >= 0.3 is 10.1 Å². The second-order valence-electron chi connectivity index (χ2n) is 7.60. The zero-order valence-corrected chi connectivity index (χ0v) is 19.3. The van der Waals surface area contributed by atoms with E-state index < -0.39 is 15.9 Å². The standard InChI is InChI=1S/C26H26FNO4S/c1-3-20(2)28(26(29)18-11-21-7-5-4-6-8-21)19-22-9-14-24(15-10-22)32-33(30,31)25-16-12-23(27)13-17-25/h4-18,20H,3,19H2,1-2H3. The summed E-state index contributed by atoms with van der Waals surface area (Å²) in [6.07, 6.45) is 4.14. The molecule has 3 aromatic rings. The summed E-state index contributed by atoms with van der Waals surface area (Å²) in [6.45, 7) is 4.38. The largest absolute Gasteiger partial charge is 0.379 e. The lowest BCUT2D eigenvalue weighted by molar-refractivity contribution is -0.128. The first kappa shape index (κ1) is 24.2. The highest BCUT2D eigenvalue weighted by Gasteiger charge is 2.19. The summed E-state index contributed by atoms with van der Waals surface area (Å²) in [5, 5.41) is 0. The van der Waals surface area contributed by atoms with Crippen molar-refractivity contribution in [1.29, 1.82) is 0 Å². The minimum absolute atomic E-state index is 0.0210. The molecule has 0 radical (unpaired) electrons. The average Bonchev–Trinajstić information content (AvgIpc) is 2.82. The number of nitrogens with zero attached hydrogens (tertiary/aromatic N) is 1. The molecule has 3 rings (SSSR count). The minimum Gasteiger partial charge on any atom is -0.379 e. The van der Waals surface area contributed by atoms with Crippen LogP contribution in [0.15, 0.2) is 89.8 Å². The number of amides is 1. The summed E-state index contributed by atoms with van der Waals surface area (Å²) < 4.78 is 43.0. The summed E-state index contributed by atoms with van der Waals surface area (Å²) in [7, 11) is -4.07. The fraction of sp³-hybridized carbons (Fsp3) is 0.192. The third-order valence-corrected chi connectivity index (χ3v) is 6.47. The van der Waals surface area contributed by atoms with Gasteiger partial charge in [0.1, 0.15) is 16.5 Å². The number of benzene rings is 3. The molecule has 0 saturated heterocycles. The van der Waals surface area contributed by atoms with Gasteiger partial charge in [-0.3, -0.25) is 4.79 Å². The maximum Gasteiger partial charge on any atom is 0.339 e. The Kier molecular flexibility index (Phi) is 8.01. The van der Waals surface area contributed by atoms with Gasteiger partial charge in [-0.1, -0.05) is 49.4 Å². The molecule has 172 valence electrons. The molecule has 0 fully saturated rings. The van der Waals surface area contributed by atoms with Crippen molar-refractivity contribution in [3.8, 4) is 5.75 Å². The third-order valence-electron chi connectivity index (χ3n) is 5.21. The van der Waals surface area contributed by atoms with Crippen LogP contribution in [0.2, 0.25) is 0 Å². The first-order valence-electron chi connectivity index (χ1n) is 10.6. The van der Waals surface area contributed by atoms with Crippen LogP contribution in [0.1, 0.15) is 31.4 Å². The van der Waals surface area contributed by atoms with Crippen molar-refractivity contribution < 1.29 is 21.8 Å². The Bertz CT molecular complexity index is 1190. The molecule has 0 N–H and O–H groups in total. The predicted molar refractivity (Wildman–Crippen MR) is 126 cm³/mol. The van der Waals surface area contributed by atoms with Crippen LogP contribution in [0, 0.1) is 5.82 Å². The van der Waals surface area contributed by atoms with Gasteiger partial charge in [0.05, 0.1) is 0 Å². The van der Waals surface area contributed by atoms with Crippen molar-refractivity contribution >= 4 is 22.1 Å². The van der Waals surface area contributed by atoms with Gasteiger partial charge in [0, 0.05) is 18.7 Å². The molecule has 1 amide bonds. The highest BCUT2D eigenvalue weighted by molar-refractivity contribution is 7.87. The van der Waals surface area contributed by atoms with E-state index in [-0.39, 0.29) is 22.6 Å². The zero-order chi connectivity index (χ0) is 23.8. The van der Waals surface area contributed by atoms with E-state index in [0.717, 1.165) is 41.8 Å². The number of carbonyl (C=O) groups excluding carboxylic acids is 1. The Morgan fingerprint density at radius 1 is 1.00 bits per heavy atom. The van der Waals surface area contributed by atoms with Crippen molar-refractivity contribution in [2.45, 2.75) is 37.8 Å². The molecule has 33 heavy (non-hydrogen) atoms. The van der Waals surface area contributed by atoms with Gasteiger partial charge in [0.2, 0.25) is 5.91 Å². The fourth-order valence-electron chi connectivity index (χ4n) is 3.12. The molecule has 1 unspecified atom stereocenters. The van der Waals surface area contributed by atoms with Gasteiger partial charge in [-0.2, -0.15) is 8.42 Å². The van der Waals surface area contributed by atoms with E-state index in [4.69, 9.17) is 4.18 Å². The van der Waals surface area contributed by atoms with E-state index in [2.05, 4.69) is 0 Å². The van der Waals surface area contributed by atoms with Crippen molar-refractivity contribution in [3.63, 3.8) is 0 Å². The highest BCUT2D eigenvalue weighted by atomic mass is 32.2. The van der Waals surface area contributed by atoms with Crippen molar-refractivity contribution in [2.24, 2.45) is 0 Å². The van der Waals surface area contributed by atoms with Gasteiger partial charge in [0.15, 0.2) is 0 Å². The predicted octanol–water partition coefficient (Wildman–Crippen LogP) is 5.43. The van der Waals surface area contributed by atoms with Crippen LogP contribution < -0.4 is 4.18 Å². The number of hydrogen-bond acceptors (Lipinski definition) is 4. The van der Waals surface area contributed by atoms with E-state index in [9.17, 15) is 17.6 Å². The molecule has 0 bridgehead atoms. The molecular formula is C26H26FNO4S. The lowest BCUT2D eigenvalue weighted by Crippen LogP contribution is -2.36. The van der Waals surface area contributed by atoms with E-state index in [1.165, 1.54) is 12.1 Å². The van der Waals surface area contributed by atoms with E-state index >= 15 is 0 Å². The molecular weight excluding hydrogens is 441 g/mol. The van der Waals surface area contributed by atoms with Gasteiger partial charge in [-0.15, -0.1) is 0 Å². The summed E-state index contributed by atoms with van der Waals surface area (Å²) >= 11 is 0. The van der Waals surface area contributed by atoms with Crippen LogP contribution in [-0.4, -0.2) is 25.3 Å². The first-order chi connectivity index (χ1) is 15.8. The second-order valence-corrected chi connectivity index (χ2v) is 9.15. The summed E-state index contributed by atoms with van der Waals surface area (Å²) in [4.78, 5) is 14.5. The smallest absolute Gasteiger partial charge is 0.339 e. The molecule has 0 aromatic heterocycles.